The molecule has 3 heterocycles. The molecule has 0 aliphatic rings. The van der Waals surface area contributed by atoms with E-state index in [1.54, 1.807) is 6.07 Å². The fourth-order valence-electron chi connectivity index (χ4n) is 5.59. The first-order valence-electron chi connectivity index (χ1n) is 14.4. The molecule has 0 atom stereocenters. The third-order valence-electron chi connectivity index (χ3n) is 7.78. The van der Waals surface area contributed by atoms with Crippen molar-refractivity contribution in [3.8, 4) is 22.8 Å². The van der Waals surface area contributed by atoms with Crippen molar-refractivity contribution < 1.29 is 13.9 Å². The number of hydrogen-bond acceptors (Lipinski definition) is 5. The Morgan fingerprint density at radius 2 is 1.84 bits per heavy atom. The van der Waals surface area contributed by atoms with Gasteiger partial charge in [-0.15, -0.1) is 0 Å². The Labute approximate surface area is 248 Å². The maximum atomic E-state index is 15.4. The number of carbonyl (C=O) groups excluding carboxylic acids is 1. The van der Waals surface area contributed by atoms with E-state index in [0.717, 1.165) is 35.0 Å². The summed E-state index contributed by atoms with van der Waals surface area (Å²) in [7, 11) is 0. The van der Waals surface area contributed by atoms with Crippen LogP contribution < -0.4 is 10.2 Å². The number of nitrogens with zero attached hydrogens (tertiary/aromatic N) is 3. The molecule has 216 valence electrons. The zero-order valence-electron chi connectivity index (χ0n) is 24.3. The maximum absolute atomic E-state index is 15.4. The molecule has 0 aliphatic heterocycles. The lowest BCUT2D eigenvalue weighted by molar-refractivity contribution is 0.0990. The highest BCUT2D eigenvalue weighted by molar-refractivity contribution is 6.01. The number of aromatic amines is 1. The number of rotatable bonds is 9. The molecule has 8 heteroatoms. The van der Waals surface area contributed by atoms with Crippen LogP contribution in [-0.2, 0) is 13.0 Å². The summed E-state index contributed by atoms with van der Waals surface area (Å²) in [6, 6.07) is 19.9. The summed E-state index contributed by atoms with van der Waals surface area (Å²) in [6.45, 7) is 6.54. The smallest absolute Gasteiger partial charge is 0.232 e. The molecule has 0 fully saturated rings. The van der Waals surface area contributed by atoms with E-state index in [-0.39, 0.29) is 34.8 Å². The van der Waals surface area contributed by atoms with E-state index in [0.29, 0.717) is 34.2 Å². The van der Waals surface area contributed by atoms with Gasteiger partial charge >= 0.3 is 0 Å². The van der Waals surface area contributed by atoms with Gasteiger partial charge < -0.3 is 14.3 Å². The Morgan fingerprint density at radius 1 is 1.02 bits per heavy atom. The summed E-state index contributed by atoms with van der Waals surface area (Å²) in [5, 5.41) is 1.16. The zero-order chi connectivity index (χ0) is 30.1. The third-order valence-corrected chi connectivity index (χ3v) is 7.78. The highest BCUT2D eigenvalue weighted by Gasteiger charge is 2.21. The average molecular weight is 575 g/mol. The van der Waals surface area contributed by atoms with Crippen LogP contribution in [0.25, 0.3) is 33.1 Å². The van der Waals surface area contributed by atoms with Gasteiger partial charge in [0.15, 0.2) is 22.8 Å². The van der Waals surface area contributed by atoms with Gasteiger partial charge in [-0.2, -0.15) is 0 Å². The van der Waals surface area contributed by atoms with Gasteiger partial charge in [0.25, 0.3) is 0 Å². The quantitative estimate of drug-likeness (QED) is 0.179. The van der Waals surface area contributed by atoms with E-state index < -0.39 is 5.82 Å². The normalized spacial score (nSPS) is 11.3. The molecule has 3 aromatic heterocycles. The molecule has 6 rings (SSSR count). The van der Waals surface area contributed by atoms with Crippen molar-refractivity contribution in [2.24, 2.45) is 0 Å². The first-order chi connectivity index (χ1) is 20.9. The second-order valence-electron chi connectivity index (χ2n) is 10.8. The largest absolute Gasteiger partial charge is 0.435 e. The average Bonchev–Trinajstić information content (AvgIpc) is 3.44. The number of aryl methyl sites for hydroxylation is 2. The van der Waals surface area contributed by atoms with Crippen LogP contribution in [0.3, 0.4) is 0 Å². The summed E-state index contributed by atoms with van der Waals surface area (Å²) < 4.78 is 23.4. The number of hydrogen-bond donors (Lipinski definition) is 1. The molecule has 0 amide bonds. The molecular weight excluding hydrogens is 543 g/mol. The number of halogens is 1. The number of H-pyrrole nitrogens is 1. The molecular formula is C35H31FN4O3. The van der Waals surface area contributed by atoms with E-state index in [9.17, 15) is 9.59 Å². The van der Waals surface area contributed by atoms with Gasteiger partial charge in [-0.25, -0.2) is 14.4 Å². The summed E-state index contributed by atoms with van der Waals surface area (Å²) in [5.41, 5.74) is 5.05. The minimum absolute atomic E-state index is 0.0318. The second-order valence-corrected chi connectivity index (χ2v) is 10.8. The van der Waals surface area contributed by atoms with Crippen LogP contribution in [0, 0.1) is 19.7 Å². The highest BCUT2D eigenvalue weighted by Crippen LogP contribution is 2.36. The number of unbranched alkanes of at least 4 members (excludes halogenated alkanes) is 1. The SMILES string of the molecule is CCCCn1c(C)c(C(=O)Cc2ccc(Oc3ncnc4[nH]cc(-c5ccccc5)c34)c(F)c2)c(=O)c2cc(C)ccc21. The van der Waals surface area contributed by atoms with Crippen molar-refractivity contribution in [3.05, 3.63) is 118 Å². The molecule has 0 saturated carbocycles. The van der Waals surface area contributed by atoms with E-state index in [2.05, 4.69) is 26.4 Å². The van der Waals surface area contributed by atoms with Gasteiger partial charge in [-0.1, -0.05) is 61.4 Å². The zero-order valence-corrected chi connectivity index (χ0v) is 24.3. The summed E-state index contributed by atoms with van der Waals surface area (Å²) in [4.78, 5) is 38.8. The van der Waals surface area contributed by atoms with Crippen molar-refractivity contribution in [2.45, 2.75) is 46.6 Å². The minimum Gasteiger partial charge on any atom is -0.435 e. The first-order valence-corrected chi connectivity index (χ1v) is 14.4. The van der Waals surface area contributed by atoms with Gasteiger partial charge in [-0.05, 0) is 55.7 Å². The predicted molar refractivity (Wildman–Crippen MR) is 166 cm³/mol. The molecule has 7 nitrogen and oxygen atoms in total. The van der Waals surface area contributed by atoms with Gasteiger partial charge in [0, 0.05) is 35.8 Å². The van der Waals surface area contributed by atoms with Crippen molar-refractivity contribution in [1.82, 2.24) is 19.5 Å². The van der Waals surface area contributed by atoms with Gasteiger partial charge in [0.05, 0.1) is 16.5 Å². The van der Waals surface area contributed by atoms with Crippen LogP contribution >= 0.6 is 0 Å². The molecule has 0 saturated heterocycles. The van der Waals surface area contributed by atoms with Crippen molar-refractivity contribution in [1.29, 1.82) is 0 Å². The van der Waals surface area contributed by atoms with Crippen LogP contribution in [0.2, 0.25) is 0 Å². The molecule has 1 N–H and O–H groups in total. The molecule has 0 radical (unpaired) electrons. The van der Waals surface area contributed by atoms with Crippen molar-refractivity contribution in [2.75, 3.05) is 0 Å². The summed E-state index contributed by atoms with van der Waals surface area (Å²) in [5.74, 6) is -0.806. The lowest BCUT2D eigenvalue weighted by Gasteiger charge is -2.18. The van der Waals surface area contributed by atoms with Gasteiger partial charge in [0.1, 0.15) is 12.0 Å². The number of benzene rings is 3. The monoisotopic (exact) mass is 574 g/mol. The van der Waals surface area contributed by atoms with E-state index in [1.807, 2.05) is 68.6 Å². The van der Waals surface area contributed by atoms with Gasteiger partial charge in [0.2, 0.25) is 5.88 Å². The Hall–Kier alpha value is -5.11. The lowest BCUT2D eigenvalue weighted by atomic mass is 9.98. The van der Waals surface area contributed by atoms with E-state index >= 15 is 4.39 Å². The molecule has 0 aliphatic carbocycles. The molecule has 0 bridgehead atoms. The number of nitrogens with one attached hydrogen (secondary N) is 1. The van der Waals surface area contributed by atoms with Crippen LogP contribution in [-0.4, -0.2) is 25.3 Å². The number of Topliss-reactive ketones (excluding diaryl/α,β-unsaturated/α-hetero) is 1. The fraction of sp³-hybridized carbons (Fsp3) is 0.200. The Bertz CT molecular complexity index is 2050. The standard InChI is InChI=1S/C35H31FN4O3/c1-4-5-15-40-22(3)31(33(42)25-16-21(2)11-13-28(25)40)29(41)18-23-12-14-30(27(36)17-23)43-35-32-26(24-9-7-6-8-10-24)19-37-34(32)38-20-39-35/h6-14,16-17,19-20H,4-5,15,18H2,1-3H3,(H,37,38,39). The van der Waals surface area contributed by atoms with Crippen molar-refractivity contribution >= 4 is 27.7 Å². The predicted octanol–water partition coefficient (Wildman–Crippen LogP) is 7.71. The highest BCUT2D eigenvalue weighted by atomic mass is 19.1. The lowest BCUT2D eigenvalue weighted by Crippen LogP contribution is -2.24. The van der Waals surface area contributed by atoms with Crippen LogP contribution in [0.15, 0.2) is 84.0 Å². The number of fused-ring (bicyclic) bond motifs is 2. The third kappa shape index (κ3) is 5.32. The van der Waals surface area contributed by atoms with Crippen LogP contribution in [0.5, 0.6) is 11.6 Å². The molecule has 43 heavy (non-hydrogen) atoms. The maximum Gasteiger partial charge on any atom is 0.232 e. The number of pyridine rings is 1. The minimum atomic E-state index is -0.639. The van der Waals surface area contributed by atoms with Gasteiger partial charge in [-0.3, -0.25) is 9.59 Å². The molecule has 0 spiro atoms. The van der Waals surface area contributed by atoms with Crippen molar-refractivity contribution in [3.63, 3.8) is 0 Å². The number of ketones is 1. The fourth-order valence-corrected chi connectivity index (χ4v) is 5.59. The summed E-state index contributed by atoms with van der Waals surface area (Å²) >= 11 is 0. The molecule has 6 aromatic rings. The van der Waals surface area contributed by atoms with Crippen LogP contribution in [0.4, 0.5) is 4.39 Å². The Kier molecular flexibility index (Phi) is 7.59. The summed E-state index contributed by atoms with van der Waals surface area (Å²) in [6.07, 6.45) is 4.95. The van der Waals surface area contributed by atoms with Crippen LogP contribution in [0.1, 0.15) is 46.9 Å². The first kappa shape index (κ1) is 28.0. The van der Waals surface area contributed by atoms with E-state index in [1.165, 1.54) is 18.5 Å². The molecule has 3 aromatic carbocycles. The van der Waals surface area contributed by atoms with E-state index in [4.69, 9.17) is 4.74 Å². The Balaban J connectivity index is 1.31. The number of carbonyl (C=O) groups is 1. The number of ether oxygens (including phenoxy) is 1. The second kappa shape index (κ2) is 11.6. The molecule has 0 unspecified atom stereocenters. The number of aromatic nitrogens is 4. The Morgan fingerprint density at radius 3 is 2.60 bits per heavy atom. The topological polar surface area (TPSA) is 89.9 Å².